The number of hydrogen-bond donors (Lipinski definition) is 1. The van der Waals surface area contributed by atoms with Crippen molar-refractivity contribution in [2.45, 2.75) is 19.0 Å². The van der Waals surface area contributed by atoms with Gasteiger partial charge in [-0.05, 0) is 17.7 Å². The Balaban J connectivity index is 2.10. The molecule has 5 nitrogen and oxygen atoms in total. The average molecular weight is 253 g/mol. The molecule has 0 saturated carbocycles. The fraction of sp³-hybridized carbons (Fsp3) is 0.333. The van der Waals surface area contributed by atoms with E-state index in [9.17, 15) is 14.0 Å². The van der Waals surface area contributed by atoms with Crippen LogP contribution < -0.4 is 0 Å². The summed E-state index contributed by atoms with van der Waals surface area (Å²) in [6.07, 6.45) is -0.744. The Bertz CT molecular complexity index is 477. The average Bonchev–Trinajstić information content (AvgIpc) is 2.61. The lowest BCUT2D eigenvalue weighted by atomic mass is 10.1. The summed E-state index contributed by atoms with van der Waals surface area (Å²) < 4.78 is 17.8. The van der Waals surface area contributed by atoms with Crippen molar-refractivity contribution in [1.82, 2.24) is 4.90 Å². The van der Waals surface area contributed by atoms with Gasteiger partial charge >= 0.3 is 12.1 Å². The Labute approximate surface area is 103 Å². The number of carboxylic acid groups (broad SMARTS) is 1. The molecular formula is C12H12FNO4. The molecule has 1 unspecified atom stereocenters. The van der Waals surface area contributed by atoms with E-state index >= 15 is 0 Å². The first-order valence-corrected chi connectivity index (χ1v) is 5.46. The number of ether oxygens (including phenoxy) is 1. The minimum atomic E-state index is -0.998. The molecule has 0 aromatic heterocycles. The molecule has 1 N–H and O–H groups in total. The first-order valence-electron chi connectivity index (χ1n) is 5.46. The molecule has 1 aromatic rings. The van der Waals surface area contributed by atoms with Crippen LogP contribution in [-0.2, 0) is 16.1 Å². The fourth-order valence-corrected chi connectivity index (χ4v) is 1.89. The molecule has 96 valence electrons. The van der Waals surface area contributed by atoms with Crippen molar-refractivity contribution in [3.05, 3.63) is 35.6 Å². The van der Waals surface area contributed by atoms with Crippen molar-refractivity contribution in [2.75, 3.05) is 6.61 Å². The number of hydrogen-bond acceptors (Lipinski definition) is 3. The highest BCUT2D eigenvalue weighted by molar-refractivity contribution is 5.73. The van der Waals surface area contributed by atoms with Crippen LogP contribution >= 0.6 is 0 Å². The quantitative estimate of drug-likeness (QED) is 0.885. The first kappa shape index (κ1) is 12.3. The number of halogens is 1. The topological polar surface area (TPSA) is 66.8 Å². The van der Waals surface area contributed by atoms with E-state index in [1.54, 1.807) is 6.07 Å². The molecule has 1 aliphatic heterocycles. The Kier molecular flexibility index (Phi) is 3.45. The van der Waals surface area contributed by atoms with E-state index in [0.717, 1.165) is 0 Å². The normalized spacial score (nSPS) is 18.8. The third-order valence-corrected chi connectivity index (χ3v) is 2.73. The Morgan fingerprint density at radius 3 is 3.00 bits per heavy atom. The van der Waals surface area contributed by atoms with Crippen molar-refractivity contribution < 1.29 is 23.8 Å². The van der Waals surface area contributed by atoms with E-state index < -0.39 is 23.9 Å². The second-order valence-electron chi connectivity index (χ2n) is 4.09. The van der Waals surface area contributed by atoms with Crippen molar-refractivity contribution >= 4 is 12.1 Å². The van der Waals surface area contributed by atoms with E-state index in [1.807, 2.05) is 0 Å². The zero-order valence-corrected chi connectivity index (χ0v) is 9.51. The maximum atomic E-state index is 13.0. The number of nitrogens with zero attached hydrogens (tertiary/aromatic N) is 1. The lowest BCUT2D eigenvalue weighted by Gasteiger charge is -2.19. The molecule has 1 fully saturated rings. The van der Waals surface area contributed by atoms with E-state index in [4.69, 9.17) is 9.84 Å². The SMILES string of the molecule is O=C(O)CC1COC(=O)N1Cc1cccc(F)c1. The van der Waals surface area contributed by atoms with Gasteiger partial charge < -0.3 is 9.84 Å². The highest BCUT2D eigenvalue weighted by Gasteiger charge is 2.34. The molecule has 0 spiro atoms. The summed E-state index contributed by atoms with van der Waals surface area (Å²) in [6.45, 7) is 0.203. The van der Waals surface area contributed by atoms with Crippen LogP contribution in [0.15, 0.2) is 24.3 Å². The standard InChI is InChI=1S/C12H12FNO4/c13-9-3-1-2-8(4-9)6-14-10(5-11(15)16)7-18-12(14)17/h1-4,10H,5-7H2,(H,15,16). The minimum absolute atomic E-state index is 0.0560. The second-order valence-corrected chi connectivity index (χ2v) is 4.09. The summed E-state index contributed by atoms with van der Waals surface area (Å²) in [5.41, 5.74) is 0.601. The van der Waals surface area contributed by atoms with E-state index in [1.165, 1.54) is 23.1 Å². The highest BCUT2D eigenvalue weighted by atomic mass is 19.1. The molecular weight excluding hydrogens is 241 g/mol. The van der Waals surface area contributed by atoms with Crippen molar-refractivity contribution in [3.63, 3.8) is 0 Å². The van der Waals surface area contributed by atoms with E-state index in [2.05, 4.69) is 0 Å². The van der Waals surface area contributed by atoms with Gasteiger partial charge in [-0.2, -0.15) is 0 Å². The summed E-state index contributed by atoms with van der Waals surface area (Å²) >= 11 is 0. The number of benzene rings is 1. The van der Waals surface area contributed by atoms with Gasteiger partial charge in [0.15, 0.2) is 0 Å². The molecule has 1 amide bonds. The number of aliphatic carboxylic acids is 1. The molecule has 1 aliphatic rings. The molecule has 0 bridgehead atoms. The molecule has 0 aliphatic carbocycles. The summed E-state index contributed by atoms with van der Waals surface area (Å²) in [5, 5.41) is 8.73. The maximum Gasteiger partial charge on any atom is 0.410 e. The van der Waals surface area contributed by atoms with Gasteiger partial charge in [0.1, 0.15) is 12.4 Å². The largest absolute Gasteiger partial charge is 0.481 e. The van der Waals surface area contributed by atoms with Crippen LogP contribution in [0.2, 0.25) is 0 Å². The predicted octanol–water partition coefficient (Wildman–Crippen LogP) is 1.62. The van der Waals surface area contributed by atoms with Crippen LogP contribution in [0, 0.1) is 5.82 Å². The molecule has 1 saturated heterocycles. The van der Waals surface area contributed by atoms with Crippen LogP contribution in [0.1, 0.15) is 12.0 Å². The monoisotopic (exact) mass is 253 g/mol. The van der Waals surface area contributed by atoms with Crippen LogP contribution in [-0.4, -0.2) is 34.7 Å². The van der Waals surface area contributed by atoms with Crippen molar-refractivity contribution in [3.8, 4) is 0 Å². The maximum absolute atomic E-state index is 13.0. The number of rotatable bonds is 4. The number of carbonyl (C=O) groups excluding carboxylic acids is 1. The van der Waals surface area contributed by atoms with Crippen LogP contribution in [0.5, 0.6) is 0 Å². The summed E-state index contributed by atoms with van der Waals surface area (Å²) in [7, 11) is 0. The highest BCUT2D eigenvalue weighted by Crippen LogP contribution is 2.19. The first-order chi connectivity index (χ1) is 8.56. The van der Waals surface area contributed by atoms with Crippen LogP contribution in [0.4, 0.5) is 9.18 Å². The summed E-state index contributed by atoms with van der Waals surface area (Å²) in [4.78, 5) is 23.4. The Morgan fingerprint density at radius 1 is 1.56 bits per heavy atom. The van der Waals surface area contributed by atoms with E-state index in [0.29, 0.717) is 5.56 Å². The van der Waals surface area contributed by atoms with Gasteiger partial charge in [0.2, 0.25) is 0 Å². The molecule has 2 rings (SSSR count). The summed E-state index contributed by atoms with van der Waals surface area (Å²) in [6, 6.07) is 5.33. The Hall–Kier alpha value is -2.11. The number of cyclic esters (lactones) is 1. The number of amides is 1. The third kappa shape index (κ3) is 2.77. The van der Waals surface area contributed by atoms with Crippen LogP contribution in [0.25, 0.3) is 0 Å². The molecule has 0 radical (unpaired) electrons. The van der Waals surface area contributed by atoms with Gasteiger partial charge in [0, 0.05) is 6.54 Å². The summed E-state index contributed by atoms with van der Waals surface area (Å²) in [5.74, 6) is -1.39. The zero-order valence-electron chi connectivity index (χ0n) is 9.51. The number of carboxylic acids is 1. The predicted molar refractivity (Wildman–Crippen MR) is 59.3 cm³/mol. The number of carbonyl (C=O) groups is 2. The molecule has 1 heterocycles. The molecule has 1 aromatic carbocycles. The molecule has 6 heteroatoms. The van der Waals surface area contributed by atoms with Gasteiger partial charge in [-0.25, -0.2) is 9.18 Å². The molecule has 1 atom stereocenters. The molecule has 18 heavy (non-hydrogen) atoms. The van der Waals surface area contributed by atoms with Gasteiger partial charge in [-0.3, -0.25) is 9.69 Å². The third-order valence-electron chi connectivity index (χ3n) is 2.73. The Morgan fingerprint density at radius 2 is 2.33 bits per heavy atom. The lowest BCUT2D eigenvalue weighted by Crippen LogP contribution is -2.34. The smallest absolute Gasteiger partial charge is 0.410 e. The fourth-order valence-electron chi connectivity index (χ4n) is 1.89. The van der Waals surface area contributed by atoms with Crippen molar-refractivity contribution in [2.24, 2.45) is 0 Å². The second kappa shape index (κ2) is 5.03. The van der Waals surface area contributed by atoms with Crippen LogP contribution in [0.3, 0.4) is 0 Å². The van der Waals surface area contributed by atoms with Gasteiger partial charge in [0.05, 0.1) is 12.5 Å². The van der Waals surface area contributed by atoms with Gasteiger partial charge in [-0.1, -0.05) is 12.1 Å². The van der Waals surface area contributed by atoms with E-state index in [-0.39, 0.29) is 19.6 Å². The van der Waals surface area contributed by atoms with Gasteiger partial charge in [-0.15, -0.1) is 0 Å². The minimum Gasteiger partial charge on any atom is -0.481 e. The lowest BCUT2D eigenvalue weighted by molar-refractivity contribution is -0.138. The van der Waals surface area contributed by atoms with Gasteiger partial charge in [0.25, 0.3) is 0 Å². The van der Waals surface area contributed by atoms with Crippen molar-refractivity contribution in [1.29, 1.82) is 0 Å². The zero-order chi connectivity index (χ0) is 13.1.